The van der Waals surface area contributed by atoms with Gasteiger partial charge >= 0.3 is 0 Å². The van der Waals surface area contributed by atoms with Crippen LogP contribution in [0.2, 0.25) is 10.2 Å². The summed E-state index contributed by atoms with van der Waals surface area (Å²) in [5.41, 5.74) is 2.31. The fraction of sp³-hybridized carbons (Fsp3) is 0.286. The molecule has 1 heterocycles. The van der Waals surface area contributed by atoms with Crippen LogP contribution < -0.4 is 4.74 Å². The average Bonchev–Trinajstić information content (AvgIpc) is 2.48. The maximum atomic E-state index is 6.33. The minimum atomic E-state index is 0.171. The predicted octanol–water partition coefficient (Wildman–Crippen LogP) is 4.46. The Hall–Kier alpha value is -1.01. The number of benzene rings is 1. The second-order valence-electron chi connectivity index (χ2n) is 4.17. The average molecular weight is 345 g/mol. The van der Waals surface area contributed by atoms with Gasteiger partial charge in [-0.1, -0.05) is 35.0 Å². The van der Waals surface area contributed by atoms with Crippen molar-refractivity contribution >= 4 is 35.0 Å². The van der Waals surface area contributed by atoms with Gasteiger partial charge in [0.25, 0.3) is 0 Å². The number of aromatic nitrogens is 2. The third-order valence-corrected chi connectivity index (χ3v) is 4.02. The van der Waals surface area contributed by atoms with Gasteiger partial charge < -0.3 is 9.47 Å². The van der Waals surface area contributed by atoms with Crippen molar-refractivity contribution in [1.29, 1.82) is 0 Å². The summed E-state index contributed by atoms with van der Waals surface area (Å²) >= 11 is 13.9. The summed E-state index contributed by atoms with van der Waals surface area (Å²) in [6.07, 6.45) is 1.90. The molecule has 2 rings (SSSR count). The highest BCUT2D eigenvalue weighted by Gasteiger charge is 2.14. The van der Waals surface area contributed by atoms with E-state index >= 15 is 0 Å². The van der Waals surface area contributed by atoms with Crippen molar-refractivity contribution in [3.05, 3.63) is 33.9 Å². The molecule has 0 spiro atoms. The highest BCUT2D eigenvalue weighted by atomic mass is 35.5. The molecular weight excluding hydrogens is 331 g/mol. The van der Waals surface area contributed by atoms with E-state index in [1.165, 1.54) is 11.8 Å². The van der Waals surface area contributed by atoms with Crippen LogP contribution in [0.3, 0.4) is 0 Å². The maximum absolute atomic E-state index is 6.33. The van der Waals surface area contributed by atoms with Crippen molar-refractivity contribution in [1.82, 2.24) is 9.97 Å². The summed E-state index contributed by atoms with van der Waals surface area (Å²) in [6, 6.07) is 5.39. The van der Waals surface area contributed by atoms with Crippen LogP contribution >= 0.6 is 35.0 Å². The molecule has 4 nitrogen and oxygen atoms in total. The molecule has 1 aromatic heterocycles. The van der Waals surface area contributed by atoms with E-state index in [1.54, 1.807) is 13.2 Å². The van der Waals surface area contributed by atoms with Crippen molar-refractivity contribution in [3.63, 3.8) is 0 Å². The van der Waals surface area contributed by atoms with Gasteiger partial charge in [-0.25, -0.2) is 9.97 Å². The van der Waals surface area contributed by atoms with E-state index in [0.717, 1.165) is 16.8 Å². The van der Waals surface area contributed by atoms with Gasteiger partial charge in [-0.15, -0.1) is 0 Å². The predicted molar refractivity (Wildman–Crippen MR) is 86.5 cm³/mol. The first kappa shape index (κ1) is 16.4. The van der Waals surface area contributed by atoms with Crippen LogP contribution in [0.25, 0.3) is 11.3 Å². The number of hydrogen-bond donors (Lipinski definition) is 0. The molecular formula is C14H14Cl2N2O2S. The van der Waals surface area contributed by atoms with Gasteiger partial charge in [-0.2, -0.15) is 0 Å². The molecule has 0 amide bonds. The number of ether oxygens (including phenoxy) is 2. The SMILES string of the molecule is COCOc1ccc(-c2nc(SC)nc(Cl)c2C)c(Cl)c1. The molecule has 0 radical (unpaired) electrons. The Labute approximate surface area is 137 Å². The fourth-order valence-electron chi connectivity index (χ4n) is 1.73. The van der Waals surface area contributed by atoms with Crippen molar-refractivity contribution in [3.8, 4) is 17.0 Å². The Morgan fingerprint density at radius 2 is 2.00 bits per heavy atom. The summed E-state index contributed by atoms with van der Waals surface area (Å²) in [5, 5.41) is 1.57. The third kappa shape index (κ3) is 3.80. The zero-order valence-corrected chi connectivity index (χ0v) is 14.1. The topological polar surface area (TPSA) is 44.2 Å². The van der Waals surface area contributed by atoms with Crippen LogP contribution in [0, 0.1) is 6.92 Å². The van der Waals surface area contributed by atoms with Crippen LogP contribution in [-0.4, -0.2) is 30.1 Å². The number of hydrogen-bond acceptors (Lipinski definition) is 5. The van der Waals surface area contributed by atoms with E-state index in [2.05, 4.69) is 9.97 Å². The van der Waals surface area contributed by atoms with E-state index in [0.29, 0.717) is 21.1 Å². The Morgan fingerprint density at radius 3 is 2.62 bits per heavy atom. The fourth-order valence-corrected chi connectivity index (χ4v) is 2.57. The lowest BCUT2D eigenvalue weighted by atomic mass is 10.1. The Balaban J connectivity index is 2.44. The number of halogens is 2. The van der Waals surface area contributed by atoms with E-state index in [4.69, 9.17) is 32.7 Å². The van der Waals surface area contributed by atoms with Gasteiger partial charge in [-0.05, 0) is 31.4 Å². The maximum Gasteiger partial charge on any atom is 0.189 e. The lowest BCUT2D eigenvalue weighted by molar-refractivity contribution is 0.0511. The number of thioether (sulfide) groups is 1. The van der Waals surface area contributed by atoms with E-state index in [9.17, 15) is 0 Å². The highest BCUT2D eigenvalue weighted by molar-refractivity contribution is 7.98. The molecule has 0 aliphatic carbocycles. The van der Waals surface area contributed by atoms with Crippen LogP contribution in [0.4, 0.5) is 0 Å². The molecule has 0 atom stereocenters. The van der Waals surface area contributed by atoms with Gasteiger partial charge in [0.15, 0.2) is 11.9 Å². The third-order valence-electron chi connectivity index (χ3n) is 2.79. The molecule has 0 unspecified atom stereocenters. The van der Waals surface area contributed by atoms with Gasteiger partial charge in [0.05, 0.1) is 10.7 Å². The largest absolute Gasteiger partial charge is 0.468 e. The quantitative estimate of drug-likeness (QED) is 0.346. The Morgan fingerprint density at radius 1 is 1.24 bits per heavy atom. The molecule has 0 aliphatic heterocycles. The lowest BCUT2D eigenvalue weighted by Gasteiger charge is -2.11. The molecule has 0 fully saturated rings. The molecule has 1 aromatic carbocycles. The normalized spacial score (nSPS) is 10.7. The molecule has 2 aromatic rings. The van der Waals surface area contributed by atoms with Crippen LogP contribution in [0.1, 0.15) is 5.56 Å². The number of nitrogens with zero attached hydrogens (tertiary/aromatic N) is 2. The van der Waals surface area contributed by atoms with Crippen molar-refractivity contribution in [2.45, 2.75) is 12.1 Å². The first-order valence-corrected chi connectivity index (χ1v) is 8.04. The minimum absolute atomic E-state index is 0.171. The zero-order valence-electron chi connectivity index (χ0n) is 11.8. The second kappa shape index (κ2) is 7.31. The minimum Gasteiger partial charge on any atom is -0.468 e. The molecule has 0 aliphatic rings. The molecule has 0 N–H and O–H groups in total. The monoisotopic (exact) mass is 344 g/mol. The Bertz CT molecular complexity index is 653. The van der Waals surface area contributed by atoms with Gasteiger partial charge in [-0.3, -0.25) is 0 Å². The molecule has 112 valence electrons. The summed E-state index contributed by atoms with van der Waals surface area (Å²) < 4.78 is 10.2. The molecule has 0 saturated carbocycles. The van der Waals surface area contributed by atoms with E-state index in [1.807, 2.05) is 25.3 Å². The standard InChI is InChI=1S/C14H14Cl2N2O2S/c1-8-12(17-14(21-3)18-13(8)16)10-5-4-9(6-11(10)15)20-7-19-2/h4-6H,7H2,1-3H3. The van der Waals surface area contributed by atoms with Crippen LogP contribution in [0.15, 0.2) is 23.4 Å². The van der Waals surface area contributed by atoms with E-state index < -0.39 is 0 Å². The first-order valence-electron chi connectivity index (χ1n) is 6.06. The van der Waals surface area contributed by atoms with Gasteiger partial charge in [0.2, 0.25) is 0 Å². The van der Waals surface area contributed by atoms with E-state index in [-0.39, 0.29) is 6.79 Å². The first-order chi connectivity index (χ1) is 10.1. The summed E-state index contributed by atoms with van der Waals surface area (Å²) in [6.45, 7) is 2.04. The van der Waals surface area contributed by atoms with Crippen LogP contribution in [-0.2, 0) is 4.74 Å². The zero-order chi connectivity index (χ0) is 15.4. The summed E-state index contributed by atoms with van der Waals surface area (Å²) in [7, 11) is 1.56. The second-order valence-corrected chi connectivity index (χ2v) is 5.71. The van der Waals surface area contributed by atoms with Crippen LogP contribution in [0.5, 0.6) is 5.75 Å². The smallest absolute Gasteiger partial charge is 0.189 e. The highest BCUT2D eigenvalue weighted by Crippen LogP contribution is 2.34. The molecule has 0 saturated heterocycles. The van der Waals surface area contributed by atoms with Crippen molar-refractivity contribution in [2.24, 2.45) is 0 Å². The number of methoxy groups -OCH3 is 1. The van der Waals surface area contributed by atoms with Gasteiger partial charge in [0.1, 0.15) is 10.9 Å². The summed E-state index contributed by atoms with van der Waals surface area (Å²) in [5.74, 6) is 0.633. The molecule has 21 heavy (non-hydrogen) atoms. The Kier molecular flexibility index (Phi) is 5.70. The van der Waals surface area contributed by atoms with Crippen molar-refractivity contribution < 1.29 is 9.47 Å². The molecule has 0 bridgehead atoms. The van der Waals surface area contributed by atoms with Gasteiger partial charge in [0, 0.05) is 18.2 Å². The summed E-state index contributed by atoms with van der Waals surface area (Å²) in [4.78, 5) is 8.69. The lowest BCUT2D eigenvalue weighted by Crippen LogP contribution is -1.99. The molecule has 7 heteroatoms. The van der Waals surface area contributed by atoms with Crippen molar-refractivity contribution in [2.75, 3.05) is 20.2 Å². The number of rotatable bonds is 5.